The molecule has 1 N–H and O–H groups in total. The van der Waals surface area contributed by atoms with Crippen molar-refractivity contribution in [2.45, 2.75) is 25.6 Å². The highest BCUT2D eigenvalue weighted by Gasteiger charge is 2.36. The molecule has 0 unspecified atom stereocenters. The summed E-state index contributed by atoms with van der Waals surface area (Å²) in [5.41, 5.74) is 3.34. The minimum Gasteiger partial charge on any atom is -0.495 e. The molecule has 4 rings (SSSR count). The zero-order valence-electron chi connectivity index (χ0n) is 17.6. The lowest BCUT2D eigenvalue weighted by Gasteiger charge is -2.35. The Labute approximate surface area is 191 Å². The average molecular weight is 451 g/mol. The molecule has 3 aromatic rings. The van der Waals surface area contributed by atoms with Gasteiger partial charge >= 0.3 is 6.09 Å². The predicted molar refractivity (Wildman–Crippen MR) is 123 cm³/mol. The number of ether oxygens (including phenoxy) is 2. The molecule has 3 aromatic carbocycles. The number of carbonyl (C=O) groups excluding carboxylic acids is 2. The Morgan fingerprint density at radius 3 is 2.50 bits per heavy atom. The molecule has 0 saturated heterocycles. The van der Waals surface area contributed by atoms with E-state index in [1.807, 2.05) is 54.6 Å². The van der Waals surface area contributed by atoms with Crippen LogP contribution in [-0.2, 0) is 29.1 Å². The molecule has 1 aliphatic heterocycles. The Bertz CT molecular complexity index is 1120. The fourth-order valence-electron chi connectivity index (χ4n) is 3.75. The van der Waals surface area contributed by atoms with Gasteiger partial charge in [0.05, 0.1) is 19.3 Å². The summed E-state index contributed by atoms with van der Waals surface area (Å²) in [5.74, 6) is 0.147. The predicted octanol–water partition coefficient (Wildman–Crippen LogP) is 5.05. The Hall–Kier alpha value is -3.51. The molecule has 1 atom stereocenters. The molecule has 32 heavy (non-hydrogen) atoms. The molecule has 0 aromatic heterocycles. The third-order valence-electron chi connectivity index (χ3n) is 5.41. The van der Waals surface area contributed by atoms with E-state index in [9.17, 15) is 9.59 Å². The highest BCUT2D eigenvalue weighted by atomic mass is 35.5. The van der Waals surface area contributed by atoms with Crippen molar-refractivity contribution < 1.29 is 19.1 Å². The van der Waals surface area contributed by atoms with E-state index >= 15 is 0 Å². The van der Waals surface area contributed by atoms with E-state index < -0.39 is 12.1 Å². The standard InChI is InChI=1S/C25H23ClN2O4/c1-31-23-12-11-20(26)14-21(23)27-24(29)22-13-18-9-5-6-10-19(18)15-28(22)25(30)32-16-17-7-3-2-4-8-17/h2-12,14,22H,13,15-16H2,1H3,(H,27,29)/t22-/m0/s1. The average Bonchev–Trinajstić information content (AvgIpc) is 2.82. The van der Waals surface area contributed by atoms with Crippen molar-refractivity contribution in [2.24, 2.45) is 0 Å². The maximum atomic E-state index is 13.3. The molecule has 0 saturated carbocycles. The fraction of sp³-hybridized carbons (Fsp3) is 0.200. The molecule has 0 aliphatic carbocycles. The first-order valence-corrected chi connectivity index (χ1v) is 10.6. The molecule has 6 nitrogen and oxygen atoms in total. The number of carbonyl (C=O) groups is 2. The Morgan fingerprint density at radius 2 is 1.75 bits per heavy atom. The third kappa shape index (κ3) is 4.86. The van der Waals surface area contributed by atoms with Gasteiger partial charge in [-0.1, -0.05) is 66.2 Å². The number of rotatable bonds is 5. The monoisotopic (exact) mass is 450 g/mol. The van der Waals surface area contributed by atoms with E-state index in [1.165, 1.54) is 12.0 Å². The van der Waals surface area contributed by atoms with Crippen LogP contribution in [0.2, 0.25) is 5.02 Å². The van der Waals surface area contributed by atoms with Crippen molar-refractivity contribution in [1.29, 1.82) is 0 Å². The second-order valence-corrected chi connectivity index (χ2v) is 7.93. The first-order chi connectivity index (χ1) is 15.5. The minimum atomic E-state index is -0.739. The van der Waals surface area contributed by atoms with Gasteiger partial charge in [0.15, 0.2) is 0 Å². The van der Waals surface area contributed by atoms with E-state index in [1.54, 1.807) is 18.2 Å². The molecule has 7 heteroatoms. The van der Waals surface area contributed by atoms with Crippen LogP contribution in [0.3, 0.4) is 0 Å². The summed E-state index contributed by atoms with van der Waals surface area (Å²) in [6.45, 7) is 0.419. The number of nitrogens with one attached hydrogen (secondary N) is 1. The number of hydrogen-bond donors (Lipinski definition) is 1. The van der Waals surface area contributed by atoms with Crippen LogP contribution in [0, 0.1) is 0 Å². The smallest absolute Gasteiger partial charge is 0.411 e. The van der Waals surface area contributed by atoms with Gasteiger partial charge in [-0.25, -0.2) is 4.79 Å². The van der Waals surface area contributed by atoms with Crippen LogP contribution < -0.4 is 10.1 Å². The summed E-state index contributed by atoms with van der Waals surface area (Å²) in [5, 5.41) is 3.33. The van der Waals surface area contributed by atoms with Gasteiger partial charge in [-0.3, -0.25) is 9.69 Å². The van der Waals surface area contributed by atoms with E-state index in [4.69, 9.17) is 21.1 Å². The van der Waals surface area contributed by atoms with Gasteiger partial charge in [-0.05, 0) is 34.9 Å². The van der Waals surface area contributed by atoms with Crippen LogP contribution in [0.5, 0.6) is 5.75 Å². The van der Waals surface area contributed by atoms with Crippen LogP contribution in [-0.4, -0.2) is 30.1 Å². The summed E-state index contributed by atoms with van der Waals surface area (Å²) < 4.78 is 10.9. The normalized spacial score (nSPS) is 14.9. The minimum absolute atomic E-state index is 0.133. The first kappa shape index (κ1) is 21.7. The molecule has 0 radical (unpaired) electrons. The largest absolute Gasteiger partial charge is 0.495 e. The Morgan fingerprint density at radius 1 is 1.03 bits per heavy atom. The lowest BCUT2D eigenvalue weighted by atomic mass is 9.94. The van der Waals surface area contributed by atoms with Crippen LogP contribution >= 0.6 is 11.6 Å². The van der Waals surface area contributed by atoms with Gasteiger partial charge in [0.2, 0.25) is 5.91 Å². The number of amides is 2. The van der Waals surface area contributed by atoms with Crippen LogP contribution in [0.4, 0.5) is 10.5 Å². The number of methoxy groups -OCH3 is 1. The highest BCUT2D eigenvalue weighted by molar-refractivity contribution is 6.31. The number of fused-ring (bicyclic) bond motifs is 1. The lowest BCUT2D eigenvalue weighted by Crippen LogP contribution is -2.50. The van der Waals surface area contributed by atoms with E-state index in [-0.39, 0.29) is 19.1 Å². The van der Waals surface area contributed by atoms with E-state index in [0.29, 0.717) is 22.9 Å². The number of anilines is 1. The van der Waals surface area contributed by atoms with Gasteiger partial charge in [-0.2, -0.15) is 0 Å². The molecule has 2 amide bonds. The fourth-order valence-corrected chi connectivity index (χ4v) is 3.92. The molecule has 0 fully saturated rings. The van der Waals surface area contributed by atoms with Crippen LogP contribution in [0.25, 0.3) is 0 Å². The number of hydrogen-bond acceptors (Lipinski definition) is 4. The van der Waals surface area contributed by atoms with Gasteiger partial charge in [-0.15, -0.1) is 0 Å². The van der Waals surface area contributed by atoms with Crippen molar-refractivity contribution in [3.63, 3.8) is 0 Å². The molecule has 0 bridgehead atoms. The molecular weight excluding hydrogens is 428 g/mol. The van der Waals surface area contributed by atoms with Crippen LogP contribution in [0.1, 0.15) is 16.7 Å². The zero-order chi connectivity index (χ0) is 22.5. The second kappa shape index (κ2) is 9.75. The van der Waals surface area contributed by atoms with Crippen molar-refractivity contribution in [3.8, 4) is 5.75 Å². The number of benzene rings is 3. The maximum Gasteiger partial charge on any atom is 0.411 e. The molecular formula is C25H23ClN2O4. The molecule has 164 valence electrons. The van der Waals surface area contributed by atoms with E-state index in [0.717, 1.165) is 16.7 Å². The van der Waals surface area contributed by atoms with Gasteiger partial charge in [0, 0.05) is 11.4 Å². The quantitative estimate of drug-likeness (QED) is 0.590. The third-order valence-corrected chi connectivity index (χ3v) is 5.65. The molecule has 0 spiro atoms. The van der Waals surface area contributed by atoms with Crippen molar-refractivity contribution in [3.05, 3.63) is 94.5 Å². The second-order valence-electron chi connectivity index (χ2n) is 7.49. The van der Waals surface area contributed by atoms with Crippen LogP contribution in [0.15, 0.2) is 72.8 Å². The molecule has 1 heterocycles. The summed E-state index contributed by atoms with van der Waals surface area (Å²) in [4.78, 5) is 27.8. The van der Waals surface area contributed by atoms with Gasteiger partial charge in [0.1, 0.15) is 18.4 Å². The topological polar surface area (TPSA) is 67.9 Å². The number of halogens is 1. The SMILES string of the molecule is COc1ccc(Cl)cc1NC(=O)[C@@H]1Cc2ccccc2CN1C(=O)OCc1ccccc1. The van der Waals surface area contributed by atoms with E-state index in [2.05, 4.69) is 5.32 Å². The molecule has 1 aliphatic rings. The van der Waals surface area contributed by atoms with Gasteiger partial charge in [0.25, 0.3) is 0 Å². The summed E-state index contributed by atoms with van der Waals surface area (Å²) in [7, 11) is 1.52. The summed E-state index contributed by atoms with van der Waals surface area (Å²) >= 11 is 6.10. The number of nitrogens with zero attached hydrogens (tertiary/aromatic N) is 1. The summed E-state index contributed by atoms with van der Waals surface area (Å²) in [6.07, 6.45) is -0.160. The maximum absolute atomic E-state index is 13.3. The zero-order valence-corrected chi connectivity index (χ0v) is 18.3. The first-order valence-electron chi connectivity index (χ1n) is 10.2. The van der Waals surface area contributed by atoms with Crippen molar-refractivity contribution in [2.75, 3.05) is 12.4 Å². The lowest BCUT2D eigenvalue weighted by molar-refractivity contribution is -0.121. The Balaban J connectivity index is 1.56. The Kier molecular flexibility index (Phi) is 6.61. The highest BCUT2D eigenvalue weighted by Crippen LogP contribution is 2.30. The van der Waals surface area contributed by atoms with Gasteiger partial charge < -0.3 is 14.8 Å². The van der Waals surface area contributed by atoms with Crippen molar-refractivity contribution >= 4 is 29.3 Å². The summed E-state index contributed by atoms with van der Waals surface area (Å²) in [6, 6.07) is 21.5. The van der Waals surface area contributed by atoms with Crippen molar-refractivity contribution in [1.82, 2.24) is 4.90 Å².